The Morgan fingerprint density at radius 3 is 2.90 bits per heavy atom. The zero-order chi connectivity index (χ0) is 15.5. The molecule has 0 radical (unpaired) electrons. The highest BCUT2D eigenvalue weighted by Crippen LogP contribution is 2.31. The number of primary amides is 1. The number of carbonyl (C=O) groups is 1. The zero-order valence-corrected chi connectivity index (χ0v) is 12.9. The second kappa shape index (κ2) is 6.44. The predicted octanol–water partition coefficient (Wildman–Crippen LogP) is 0.897. The quantitative estimate of drug-likeness (QED) is 0.679. The van der Waals surface area contributed by atoms with E-state index in [1.54, 1.807) is 6.07 Å². The number of sulfonamides is 1. The van der Waals surface area contributed by atoms with Gasteiger partial charge in [0.15, 0.2) is 0 Å². The molecule has 21 heavy (non-hydrogen) atoms. The standard InChI is InChI=1S/C14H21N3O3S/c1-10-6-7-12(11-4-2-8-16-14(10)11)21(19,20)17-9-3-5-13(15)18/h6-7,16-17H,2-5,8-9H2,1H3,(H2,15,18). The third kappa shape index (κ3) is 3.74. The summed E-state index contributed by atoms with van der Waals surface area (Å²) < 4.78 is 27.3. The lowest BCUT2D eigenvalue weighted by molar-refractivity contribution is -0.118. The fraction of sp³-hybridized carbons (Fsp3) is 0.500. The van der Waals surface area contributed by atoms with E-state index >= 15 is 0 Å². The van der Waals surface area contributed by atoms with Crippen molar-refractivity contribution >= 4 is 21.6 Å². The Labute approximate surface area is 125 Å². The molecule has 0 unspecified atom stereocenters. The molecule has 4 N–H and O–H groups in total. The van der Waals surface area contributed by atoms with Crippen LogP contribution in [0.15, 0.2) is 17.0 Å². The van der Waals surface area contributed by atoms with Gasteiger partial charge in [0.1, 0.15) is 0 Å². The number of nitrogens with two attached hydrogens (primary N) is 1. The number of hydrogen-bond donors (Lipinski definition) is 3. The summed E-state index contributed by atoms with van der Waals surface area (Å²) in [4.78, 5) is 11.0. The van der Waals surface area contributed by atoms with Gasteiger partial charge in [0, 0.05) is 25.2 Å². The third-order valence-electron chi connectivity index (χ3n) is 3.57. The Morgan fingerprint density at radius 2 is 2.19 bits per heavy atom. The first-order valence-corrected chi connectivity index (χ1v) is 8.54. The molecule has 0 atom stereocenters. The van der Waals surface area contributed by atoms with Crippen molar-refractivity contribution in [2.45, 2.75) is 37.5 Å². The van der Waals surface area contributed by atoms with Gasteiger partial charge in [-0.25, -0.2) is 13.1 Å². The number of rotatable bonds is 6. The molecule has 0 bridgehead atoms. The molecule has 6 nitrogen and oxygen atoms in total. The van der Waals surface area contributed by atoms with Crippen molar-refractivity contribution in [3.05, 3.63) is 23.3 Å². The second-order valence-electron chi connectivity index (χ2n) is 5.23. The highest BCUT2D eigenvalue weighted by molar-refractivity contribution is 7.89. The van der Waals surface area contributed by atoms with Gasteiger partial charge in [0.2, 0.25) is 15.9 Å². The largest absolute Gasteiger partial charge is 0.385 e. The molecule has 0 aliphatic carbocycles. The van der Waals surface area contributed by atoms with E-state index in [9.17, 15) is 13.2 Å². The number of nitrogens with one attached hydrogen (secondary N) is 2. The molecule has 1 heterocycles. The van der Waals surface area contributed by atoms with Crippen LogP contribution in [-0.2, 0) is 21.2 Å². The number of hydrogen-bond acceptors (Lipinski definition) is 4. The van der Waals surface area contributed by atoms with Gasteiger partial charge < -0.3 is 11.1 Å². The van der Waals surface area contributed by atoms with Gasteiger partial charge in [-0.1, -0.05) is 6.07 Å². The van der Waals surface area contributed by atoms with Gasteiger partial charge >= 0.3 is 0 Å². The van der Waals surface area contributed by atoms with Gasteiger partial charge in [-0.2, -0.15) is 0 Å². The van der Waals surface area contributed by atoms with Crippen LogP contribution in [0, 0.1) is 6.92 Å². The van der Waals surface area contributed by atoms with Gasteiger partial charge in [-0.3, -0.25) is 4.79 Å². The molecule has 1 amide bonds. The maximum Gasteiger partial charge on any atom is 0.240 e. The lowest BCUT2D eigenvalue weighted by Crippen LogP contribution is -2.28. The van der Waals surface area contributed by atoms with Crippen molar-refractivity contribution in [1.29, 1.82) is 0 Å². The molecule has 1 aliphatic heterocycles. The monoisotopic (exact) mass is 311 g/mol. The maximum atomic E-state index is 12.4. The Balaban J connectivity index is 2.18. The Hall–Kier alpha value is -1.60. The SMILES string of the molecule is Cc1ccc(S(=O)(=O)NCCCC(N)=O)c2c1NCCC2. The lowest BCUT2D eigenvalue weighted by Gasteiger charge is -2.23. The minimum Gasteiger partial charge on any atom is -0.385 e. The van der Waals surface area contributed by atoms with Crippen LogP contribution in [0.1, 0.15) is 30.4 Å². The summed E-state index contributed by atoms with van der Waals surface area (Å²) in [6, 6.07) is 3.46. The lowest BCUT2D eigenvalue weighted by atomic mass is 10.00. The second-order valence-corrected chi connectivity index (χ2v) is 6.97. The third-order valence-corrected chi connectivity index (χ3v) is 5.11. The molecule has 1 aliphatic rings. The molecule has 2 rings (SSSR count). The summed E-state index contributed by atoms with van der Waals surface area (Å²) in [5.74, 6) is -0.425. The van der Waals surface area contributed by atoms with Gasteiger partial charge in [-0.05, 0) is 43.4 Å². The van der Waals surface area contributed by atoms with Crippen LogP contribution in [0.4, 0.5) is 5.69 Å². The van der Waals surface area contributed by atoms with E-state index < -0.39 is 15.9 Å². The van der Waals surface area contributed by atoms with Crippen LogP contribution < -0.4 is 15.8 Å². The van der Waals surface area contributed by atoms with Crippen molar-refractivity contribution in [3.8, 4) is 0 Å². The molecule has 0 aromatic heterocycles. The van der Waals surface area contributed by atoms with E-state index in [0.717, 1.165) is 36.2 Å². The average Bonchev–Trinajstić information content (AvgIpc) is 2.44. The summed E-state index contributed by atoms with van der Waals surface area (Å²) in [5, 5.41) is 3.27. The smallest absolute Gasteiger partial charge is 0.240 e. The first-order valence-electron chi connectivity index (χ1n) is 7.06. The van der Waals surface area contributed by atoms with Gasteiger partial charge in [0.25, 0.3) is 0 Å². The Kier molecular flexibility index (Phi) is 4.84. The molecular formula is C14H21N3O3S. The van der Waals surface area contributed by atoms with Crippen molar-refractivity contribution in [3.63, 3.8) is 0 Å². The molecule has 0 fully saturated rings. The molecule has 7 heteroatoms. The predicted molar refractivity (Wildman–Crippen MR) is 81.6 cm³/mol. The summed E-state index contributed by atoms with van der Waals surface area (Å²) in [5.41, 5.74) is 7.87. The molecular weight excluding hydrogens is 290 g/mol. The van der Waals surface area contributed by atoms with Crippen molar-refractivity contribution in [2.75, 3.05) is 18.4 Å². The average molecular weight is 311 g/mol. The summed E-state index contributed by atoms with van der Waals surface area (Å²) in [6.45, 7) is 3.04. The van der Waals surface area contributed by atoms with Crippen LogP contribution in [0.5, 0.6) is 0 Å². The number of aryl methyl sites for hydroxylation is 1. The van der Waals surface area contributed by atoms with Crippen LogP contribution in [-0.4, -0.2) is 27.4 Å². The minimum absolute atomic E-state index is 0.177. The Morgan fingerprint density at radius 1 is 1.43 bits per heavy atom. The Bertz CT molecular complexity index is 641. The van der Waals surface area contributed by atoms with Crippen molar-refractivity contribution in [2.24, 2.45) is 5.73 Å². The molecule has 0 spiro atoms. The topological polar surface area (TPSA) is 101 Å². The minimum atomic E-state index is -3.56. The summed E-state index contributed by atoms with van der Waals surface area (Å²) in [6.07, 6.45) is 2.25. The fourth-order valence-electron chi connectivity index (χ4n) is 2.52. The number of fused-ring (bicyclic) bond motifs is 1. The molecule has 1 aromatic rings. The maximum absolute atomic E-state index is 12.4. The van der Waals surface area contributed by atoms with Crippen molar-refractivity contribution in [1.82, 2.24) is 4.72 Å². The van der Waals surface area contributed by atoms with Crippen LogP contribution in [0.25, 0.3) is 0 Å². The highest BCUT2D eigenvalue weighted by atomic mass is 32.2. The van der Waals surface area contributed by atoms with Gasteiger partial charge in [0.05, 0.1) is 4.90 Å². The molecule has 1 aromatic carbocycles. The summed E-state index contributed by atoms with van der Waals surface area (Å²) >= 11 is 0. The van der Waals surface area contributed by atoms with E-state index in [0.29, 0.717) is 11.3 Å². The van der Waals surface area contributed by atoms with Crippen LogP contribution in [0.3, 0.4) is 0 Å². The van der Waals surface area contributed by atoms with Crippen LogP contribution in [0.2, 0.25) is 0 Å². The van der Waals surface area contributed by atoms with E-state index in [1.807, 2.05) is 13.0 Å². The van der Waals surface area contributed by atoms with E-state index in [-0.39, 0.29) is 13.0 Å². The fourth-order valence-corrected chi connectivity index (χ4v) is 3.86. The number of amides is 1. The number of benzene rings is 1. The number of anilines is 1. The number of carbonyl (C=O) groups excluding carboxylic acids is 1. The summed E-state index contributed by atoms with van der Waals surface area (Å²) in [7, 11) is -3.56. The molecule has 0 saturated heterocycles. The normalized spacial score (nSPS) is 14.3. The van der Waals surface area contributed by atoms with Gasteiger partial charge in [-0.15, -0.1) is 0 Å². The van der Waals surface area contributed by atoms with E-state index in [2.05, 4.69) is 10.0 Å². The van der Waals surface area contributed by atoms with E-state index in [4.69, 9.17) is 5.73 Å². The molecule has 0 saturated carbocycles. The van der Waals surface area contributed by atoms with Crippen molar-refractivity contribution < 1.29 is 13.2 Å². The first-order chi connectivity index (χ1) is 9.92. The first kappa shape index (κ1) is 15.8. The zero-order valence-electron chi connectivity index (χ0n) is 12.1. The molecule has 116 valence electrons. The van der Waals surface area contributed by atoms with Crippen LogP contribution >= 0.6 is 0 Å². The highest BCUT2D eigenvalue weighted by Gasteiger charge is 2.23. The van der Waals surface area contributed by atoms with E-state index in [1.165, 1.54) is 0 Å².